The minimum atomic E-state index is -0.343. The molecule has 1 saturated heterocycles. The maximum absolute atomic E-state index is 13.7. The molecule has 0 unspecified atom stereocenters. The van der Waals surface area contributed by atoms with E-state index in [4.69, 9.17) is 0 Å². The molecule has 5 heteroatoms. The molecule has 122 valence electrons. The molecule has 0 amide bonds. The minimum Gasteiger partial charge on any atom is -0.395 e. The zero-order chi connectivity index (χ0) is 16.1. The van der Waals surface area contributed by atoms with Gasteiger partial charge >= 0.3 is 0 Å². The molecule has 0 bridgehead atoms. The fourth-order valence-electron chi connectivity index (χ4n) is 3.11. The molecular weight excluding hydrogens is 293 g/mol. The molecule has 0 radical (unpaired) electrons. The van der Waals surface area contributed by atoms with Gasteiger partial charge in [0.25, 0.3) is 0 Å². The molecule has 1 fully saturated rings. The summed E-state index contributed by atoms with van der Waals surface area (Å²) < 4.78 is 13.7. The molecule has 1 aromatic heterocycles. The normalized spacial score (nSPS) is 18.3. The van der Waals surface area contributed by atoms with Gasteiger partial charge in [0, 0.05) is 25.3 Å². The molecule has 3 rings (SSSR count). The van der Waals surface area contributed by atoms with Gasteiger partial charge in [-0.25, -0.2) is 9.37 Å². The number of hydrogen-bond acceptors (Lipinski definition) is 4. The molecule has 1 aliphatic heterocycles. The predicted molar refractivity (Wildman–Crippen MR) is 88.5 cm³/mol. The van der Waals surface area contributed by atoms with Crippen LogP contribution in [0.15, 0.2) is 42.6 Å². The lowest BCUT2D eigenvalue weighted by molar-refractivity contribution is 0.153. The van der Waals surface area contributed by atoms with Gasteiger partial charge in [-0.2, -0.15) is 0 Å². The second-order valence-electron chi connectivity index (χ2n) is 5.91. The standard InChI is InChI=1S/C18H22FN3O/c19-17-8-3-9-20-18(17)21-11-14-5-1-2-6-15(14)12-22-10-4-7-16(22)13-23/h1-3,5-6,8-9,16,23H,4,7,10-13H2,(H,20,21)/t16-/m0/s1. The summed E-state index contributed by atoms with van der Waals surface area (Å²) >= 11 is 0. The Kier molecular flexibility index (Phi) is 5.20. The third-order valence-corrected chi connectivity index (χ3v) is 4.41. The molecule has 0 saturated carbocycles. The summed E-state index contributed by atoms with van der Waals surface area (Å²) in [6, 6.07) is 11.4. The molecule has 2 heterocycles. The van der Waals surface area contributed by atoms with E-state index in [1.54, 1.807) is 12.3 Å². The van der Waals surface area contributed by atoms with E-state index in [-0.39, 0.29) is 24.3 Å². The van der Waals surface area contributed by atoms with Crippen LogP contribution in [0.3, 0.4) is 0 Å². The molecule has 2 aromatic rings. The number of hydrogen-bond donors (Lipinski definition) is 2. The third kappa shape index (κ3) is 3.86. The molecule has 23 heavy (non-hydrogen) atoms. The zero-order valence-corrected chi connectivity index (χ0v) is 13.1. The van der Waals surface area contributed by atoms with Crippen LogP contribution in [0.4, 0.5) is 10.2 Å². The fraction of sp³-hybridized carbons (Fsp3) is 0.389. The number of likely N-dealkylation sites (tertiary alicyclic amines) is 1. The van der Waals surface area contributed by atoms with E-state index in [0.29, 0.717) is 6.54 Å². The van der Waals surface area contributed by atoms with E-state index in [0.717, 1.165) is 31.5 Å². The van der Waals surface area contributed by atoms with Crippen LogP contribution in [-0.4, -0.2) is 34.2 Å². The van der Waals surface area contributed by atoms with Crippen molar-refractivity contribution in [3.05, 3.63) is 59.5 Å². The smallest absolute Gasteiger partial charge is 0.165 e. The van der Waals surface area contributed by atoms with Crippen molar-refractivity contribution in [3.8, 4) is 0 Å². The number of nitrogens with zero attached hydrogens (tertiary/aromatic N) is 2. The van der Waals surface area contributed by atoms with E-state index >= 15 is 0 Å². The molecule has 2 N–H and O–H groups in total. The van der Waals surface area contributed by atoms with Crippen LogP contribution < -0.4 is 5.32 Å². The van der Waals surface area contributed by atoms with E-state index in [2.05, 4.69) is 21.3 Å². The van der Waals surface area contributed by atoms with Gasteiger partial charge in [-0.15, -0.1) is 0 Å². The van der Waals surface area contributed by atoms with Crippen molar-refractivity contribution in [2.45, 2.75) is 32.0 Å². The van der Waals surface area contributed by atoms with Crippen LogP contribution in [-0.2, 0) is 13.1 Å². The second-order valence-corrected chi connectivity index (χ2v) is 5.91. The van der Waals surface area contributed by atoms with Crippen molar-refractivity contribution >= 4 is 5.82 Å². The van der Waals surface area contributed by atoms with Crippen LogP contribution in [0.25, 0.3) is 0 Å². The van der Waals surface area contributed by atoms with E-state index in [9.17, 15) is 9.50 Å². The van der Waals surface area contributed by atoms with Crippen molar-refractivity contribution < 1.29 is 9.50 Å². The van der Waals surface area contributed by atoms with Gasteiger partial charge in [0.05, 0.1) is 6.61 Å². The summed E-state index contributed by atoms with van der Waals surface area (Å²) in [6.45, 7) is 2.57. The van der Waals surface area contributed by atoms with Gasteiger partial charge in [-0.05, 0) is 42.6 Å². The van der Waals surface area contributed by atoms with Gasteiger partial charge in [-0.3, -0.25) is 4.90 Å². The van der Waals surface area contributed by atoms with Gasteiger partial charge in [0.2, 0.25) is 0 Å². The first-order valence-corrected chi connectivity index (χ1v) is 8.04. The summed E-state index contributed by atoms with van der Waals surface area (Å²) in [5.41, 5.74) is 2.33. The Hall–Kier alpha value is -1.98. The summed E-state index contributed by atoms with van der Waals surface area (Å²) in [6.07, 6.45) is 3.76. The Labute approximate surface area is 136 Å². The lowest BCUT2D eigenvalue weighted by Crippen LogP contribution is -2.32. The Balaban J connectivity index is 1.69. The average molecular weight is 315 g/mol. The first-order chi connectivity index (χ1) is 11.3. The average Bonchev–Trinajstić information content (AvgIpc) is 3.02. The fourth-order valence-corrected chi connectivity index (χ4v) is 3.11. The number of rotatable bonds is 6. The van der Waals surface area contributed by atoms with Gasteiger partial charge in [0.1, 0.15) is 0 Å². The van der Waals surface area contributed by atoms with Crippen LogP contribution in [0.2, 0.25) is 0 Å². The SMILES string of the molecule is OC[C@@H]1CCCN1Cc1ccccc1CNc1ncccc1F. The minimum absolute atomic E-state index is 0.208. The highest BCUT2D eigenvalue weighted by Gasteiger charge is 2.24. The lowest BCUT2D eigenvalue weighted by atomic mass is 10.1. The number of pyridine rings is 1. The molecule has 1 atom stereocenters. The Morgan fingerprint density at radius 3 is 2.83 bits per heavy atom. The van der Waals surface area contributed by atoms with Crippen molar-refractivity contribution in [1.82, 2.24) is 9.88 Å². The number of aromatic nitrogens is 1. The maximum Gasteiger partial charge on any atom is 0.165 e. The molecule has 0 spiro atoms. The summed E-state index contributed by atoms with van der Waals surface area (Å²) in [4.78, 5) is 6.34. The largest absolute Gasteiger partial charge is 0.395 e. The highest BCUT2D eigenvalue weighted by atomic mass is 19.1. The number of anilines is 1. The monoisotopic (exact) mass is 315 g/mol. The van der Waals surface area contributed by atoms with Gasteiger partial charge in [-0.1, -0.05) is 24.3 Å². The number of nitrogens with one attached hydrogen (secondary N) is 1. The van der Waals surface area contributed by atoms with Crippen LogP contribution in [0, 0.1) is 5.82 Å². The number of aliphatic hydroxyl groups is 1. The Morgan fingerprint density at radius 2 is 2.04 bits per heavy atom. The second kappa shape index (κ2) is 7.53. The predicted octanol–water partition coefficient (Wildman–Crippen LogP) is 2.79. The first kappa shape index (κ1) is 15.9. The number of benzene rings is 1. The summed E-state index contributed by atoms with van der Waals surface area (Å²) in [7, 11) is 0. The van der Waals surface area contributed by atoms with Crippen molar-refractivity contribution in [2.24, 2.45) is 0 Å². The van der Waals surface area contributed by atoms with Crippen LogP contribution in [0.5, 0.6) is 0 Å². The maximum atomic E-state index is 13.7. The Morgan fingerprint density at radius 1 is 1.22 bits per heavy atom. The number of aliphatic hydroxyl groups excluding tert-OH is 1. The van der Waals surface area contributed by atoms with Crippen LogP contribution >= 0.6 is 0 Å². The first-order valence-electron chi connectivity index (χ1n) is 8.04. The Bertz CT molecular complexity index is 650. The lowest BCUT2D eigenvalue weighted by Gasteiger charge is -2.24. The molecule has 1 aromatic carbocycles. The van der Waals surface area contributed by atoms with Crippen molar-refractivity contribution in [1.29, 1.82) is 0 Å². The van der Waals surface area contributed by atoms with E-state index < -0.39 is 0 Å². The van der Waals surface area contributed by atoms with Crippen molar-refractivity contribution in [2.75, 3.05) is 18.5 Å². The molecular formula is C18H22FN3O. The summed E-state index contributed by atoms with van der Waals surface area (Å²) in [5.74, 6) is -0.0680. The van der Waals surface area contributed by atoms with Crippen molar-refractivity contribution in [3.63, 3.8) is 0 Å². The molecule has 1 aliphatic rings. The molecule has 4 nitrogen and oxygen atoms in total. The quantitative estimate of drug-likeness (QED) is 0.860. The highest BCUT2D eigenvalue weighted by Crippen LogP contribution is 2.22. The molecule has 0 aliphatic carbocycles. The van der Waals surface area contributed by atoms with E-state index in [1.165, 1.54) is 11.6 Å². The van der Waals surface area contributed by atoms with Gasteiger partial charge in [0.15, 0.2) is 11.6 Å². The van der Waals surface area contributed by atoms with E-state index in [1.807, 2.05) is 18.2 Å². The van der Waals surface area contributed by atoms with Gasteiger partial charge < -0.3 is 10.4 Å². The zero-order valence-electron chi connectivity index (χ0n) is 13.1. The van der Waals surface area contributed by atoms with Crippen LogP contribution in [0.1, 0.15) is 24.0 Å². The summed E-state index contributed by atoms with van der Waals surface area (Å²) in [5, 5.41) is 12.5. The number of halogens is 1. The third-order valence-electron chi connectivity index (χ3n) is 4.41. The highest BCUT2D eigenvalue weighted by molar-refractivity contribution is 5.38. The topological polar surface area (TPSA) is 48.4 Å².